The van der Waals surface area contributed by atoms with Crippen molar-refractivity contribution in [2.24, 2.45) is 11.1 Å². The van der Waals surface area contributed by atoms with Gasteiger partial charge >= 0.3 is 6.03 Å². The van der Waals surface area contributed by atoms with Crippen LogP contribution < -0.4 is 16.4 Å². The Balaban J connectivity index is 1.90. The topological polar surface area (TPSA) is 87.5 Å². The molecule has 1 saturated carbocycles. The summed E-state index contributed by atoms with van der Waals surface area (Å²) >= 11 is 0. The fourth-order valence-corrected chi connectivity index (χ4v) is 2.89. The minimum atomic E-state index is -3.05. The van der Waals surface area contributed by atoms with E-state index in [-0.39, 0.29) is 6.67 Å². The number of hydrogen-bond acceptors (Lipinski definition) is 3. The molecule has 0 aromatic rings. The van der Waals surface area contributed by atoms with E-state index >= 15 is 0 Å². The minimum Gasteiger partial charge on any atom is -0.342 e. The van der Waals surface area contributed by atoms with Gasteiger partial charge in [0.05, 0.1) is 6.67 Å². The van der Waals surface area contributed by atoms with Gasteiger partial charge in [-0.15, -0.1) is 0 Å². The van der Waals surface area contributed by atoms with E-state index < -0.39 is 30.3 Å². The van der Waals surface area contributed by atoms with Crippen molar-refractivity contribution < 1.29 is 18.4 Å². The number of likely N-dealkylation sites (tertiary alicyclic amines) is 1. The first-order chi connectivity index (χ1) is 10.2. The first-order valence-corrected chi connectivity index (χ1v) is 7.66. The first kappa shape index (κ1) is 16.9. The molecule has 2 fully saturated rings. The normalized spacial score (nSPS) is 21.4. The quantitative estimate of drug-likeness (QED) is 0.661. The predicted molar refractivity (Wildman–Crippen MR) is 77.2 cm³/mol. The molecule has 1 atom stereocenters. The Labute approximate surface area is 128 Å². The Morgan fingerprint density at radius 3 is 2.32 bits per heavy atom. The smallest absolute Gasteiger partial charge is 0.318 e. The van der Waals surface area contributed by atoms with E-state index in [4.69, 9.17) is 5.73 Å². The zero-order valence-electron chi connectivity index (χ0n) is 12.8. The van der Waals surface area contributed by atoms with Crippen LogP contribution in [0.5, 0.6) is 0 Å². The lowest BCUT2D eigenvalue weighted by atomic mass is 9.94. The predicted octanol–water partition coefficient (Wildman–Crippen LogP) is 1.02. The van der Waals surface area contributed by atoms with Crippen molar-refractivity contribution in [2.45, 2.75) is 51.0 Å². The molecule has 22 heavy (non-hydrogen) atoms. The Morgan fingerprint density at radius 1 is 1.27 bits per heavy atom. The highest BCUT2D eigenvalue weighted by Crippen LogP contribution is 2.53. The molecule has 126 valence electrons. The molecule has 1 aliphatic carbocycles. The molecule has 2 aliphatic rings. The summed E-state index contributed by atoms with van der Waals surface area (Å²) in [4.78, 5) is 25.6. The fourth-order valence-electron chi connectivity index (χ4n) is 2.89. The van der Waals surface area contributed by atoms with Crippen LogP contribution in [0.1, 0.15) is 39.0 Å². The van der Waals surface area contributed by atoms with Crippen molar-refractivity contribution in [3.8, 4) is 0 Å². The summed E-state index contributed by atoms with van der Waals surface area (Å²) in [5.41, 5.74) is 5.62. The van der Waals surface area contributed by atoms with Gasteiger partial charge in [-0.05, 0) is 38.0 Å². The first-order valence-electron chi connectivity index (χ1n) is 7.66. The number of piperidine rings is 1. The molecule has 0 aromatic heterocycles. The number of carbonyl (C=O) groups excluding carboxylic acids is 2. The van der Waals surface area contributed by atoms with Crippen LogP contribution in [0.25, 0.3) is 0 Å². The average molecular weight is 318 g/mol. The second kappa shape index (κ2) is 6.36. The van der Waals surface area contributed by atoms with Gasteiger partial charge in [0.25, 0.3) is 0 Å². The highest BCUT2D eigenvalue weighted by molar-refractivity contribution is 5.87. The standard InChI is InChI=1S/C14H24F2N4O2/c1-13(15,16)8-10(11(21)18-9-17)19-12(22)20-6-4-14(2-3-14)5-7-20/h10H,2-9,17H2,1H3,(H,18,21)(H,19,22)/t10-/m0/s1. The molecule has 0 aromatic carbocycles. The van der Waals surface area contributed by atoms with Gasteiger partial charge < -0.3 is 21.3 Å². The number of nitrogens with zero attached hydrogens (tertiary/aromatic N) is 1. The maximum Gasteiger partial charge on any atom is 0.318 e. The van der Waals surface area contributed by atoms with Crippen LogP contribution in [-0.4, -0.2) is 48.6 Å². The molecule has 1 spiro atoms. The van der Waals surface area contributed by atoms with Crippen molar-refractivity contribution in [2.75, 3.05) is 19.8 Å². The van der Waals surface area contributed by atoms with Gasteiger partial charge in [-0.25, -0.2) is 13.6 Å². The summed E-state index contributed by atoms with van der Waals surface area (Å²) < 4.78 is 26.4. The van der Waals surface area contributed by atoms with Crippen LogP contribution in [0.3, 0.4) is 0 Å². The number of rotatable bonds is 5. The maximum absolute atomic E-state index is 13.2. The lowest BCUT2D eigenvalue weighted by molar-refractivity contribution is -0.125. The Kier molecular flexibility index (Phi) is 4.89. The minimum absolute atomic E-state index is 0.160. The van der Waals surface area contributed by atoms with Crippen LogP contribution in [0, 0.1) is 5.41 Å². The molecule has 2 rings (SSSR count). The average Bonchev–Trinajstić information content (AvgIpc) is 3.17. The van der Waals surface area contributed by atoms with Crippen LogP contribution in [0.4, 0.5) is 13.6 Å². The molecule has 6 nitrogen and oxygen atoms in total. The van der Waals surface area contributed by atoms with Crippen LogP contribution >= 0.6 is 0 Å². The molecular weight excluding hydrogens is 294 g/mol. The van der Waals surface area contributed by atoms with E-state index in [0.717, 1.165) is 19.8 Å². The van der Waals surface area contributed by atoms with Crippen molar-refractivity contribution in [1.82, 2.24) is 15.5 Å². The number of urea groups is 1. The van der Waals surface area contributed by atoms with Crippen molar-refractivity contribution in [3.05, 3.63) is 0 Å². The number of nitrogens with two attached hydrogens (primary N) is 1. The van der Waals surface area contributed by atoms with Crippen LogP contribution in [-0.2, 0) is 4.79 Å². The molecule has 1 aliphatic heterocycles. The SMILES string of the molecule is CC(F)(F)C[C@H](NC(=O)N1CCC2(CC1)CC2)C(=O)NCN. The van der Waals surface area contributed by atoms with Gasteiger partial charge in [0.1, 0.15) is 6.04 Å². The zero-order chi connectivity index (χ0) is 16.4. The van der Waals surface area contributed by atoms with E-state index in [9.17, 15) is 18.4 Å². The van der Waals surface area contributed by atoms with Gasteiger partial charge in [-0.2, -0.15) is 0 Å². The number of hydrogen-bond donors (Lipinski definition) is 3. The Hall–Kier alpha value is -1.44. The lowest BCUT2D eigenvalue weighted by Gasteiger charge is -2.33. The molecule has 0 radical (unpaired) electrons. The van der Waals surface area contributed by atoms with Gasteiger partial charge in [-0.3, -0.25) is 4.79 Å². The third-order valence-corrected chi connectivity index (χ3v) is 4.52. The molecular formula is C14H24F2N4O2. The van der Waals surface area contributed by atoms with Gasteiger partial charge in [0.2, 0.25) is 11.8 Å². The third kappa shape index (κ3) is 4.53. The molecule has 0 bridgehead atoms. The second-order valence-electron chi connectivity index (χ2n) is 6.51. The molecule has 8 heteroatoms. The summed E-state index contributed by atoms with van der Waals surface area (Å²) in [7, 11) is 0. The summed E-state index contributed by atoms with van der Waals surface area (Å²) in [6, 6.07) is -1.75. The van der Waals surface area contributed by atoms with E-state index in [2.05, 4.69) is 10.6 Å². The molecule has 0 unspecified atom stereocenters. The monoisotopic (exact) mass is 318 g/mol. The van der Waals surface area contributed by atoms with E-state index in [1.807, 2.05) is 0 Å². The van der Waals surface area contributed by atoms with E-state index in [1.165, 1.54) is 12.8 Å². The highest BCUT2D eigenvalue weighted by atomic mass is 19.3. The third-order valence-electron chi connectivity index (χ3n) is 4.52. The number of amides is 3. The Bertz CT molecular complexity index is 425. The lowest BCUT2D eigenvalue weighted by Crippen LogP contribution is -2.54. The molecule has 4 N–H and O–H groups in total. The maximum atomic E-state index is 13.2. The van der Waals surface area contributed by atoms with E-state index in [1.54, 1.807) is 4.90 Å². The molecule has 3 amide bonds. The summed E-state index contributed by atoms with van der Waals surface area (Å²) in [6.45, 7) is 1.78. The van der Waals surface area contributed by atoms with Gasteiger partial charge in [-0.1, -0.05) is 0 Å². The molecule has 1 saturated heterocycles. The molecule has 1 heterocycles. The van der Waals surface area contributed by atoms with Crippen molar-refractivity contribution in [3.63, 3.8) is 0 Å². The summed E-state index contributed by atoms with van der Waals surface area (Å²) in [6.07, 6.45) is 3.58. The second-order valence-corrected chi connectivity index (χ2v) is 6.51. The Morgan fingerprint density at radius 2 is 1.86 bits per heavy atom. The van der Waals surface area contributed by atoms with Crippen molar-refractivity contribution in [1.29, 1.82) is 0 Å². The van der Waals surface area contributed by atoms with Crippen LogP contribution in [0.2, 0.25) is 0 Å². The number of nitrogens with one attached hydrogen (secondary N) is 2. The highest BCUT2D eigenvalue weighted by Gasteiger charge is 2.45. The summed E-state index contributed by atoms with van der Waals surface area (Å²) in [5.74, 6) is -3.74. The van der Waals surface area contributed by atoms with Crippen molar-refractivity contribution >= 4 is 11.9 Å². The van der Waals surface area contributed by atoms with Crippen LogP contribution in [0.15, 0.2) is 0 Å². The summed E-state index contributed by atoms with van der Waals surface area (Å²) in [5, 5.41) is 4.69. The fraction of sp³-hybridized carbons (Fsp3) is 0.857. The number of halogens is 2. The number of carbonyl (C=O) groups is 2. The largest absolute Gasteiger partial charge is 0.342 e. The van der Waals surface area contributed by atoms with Gasteiger partial charge in [0, 0.05) is 19.5 Å². The van der Waals surface area contributed by atoms with E-state index in [0.29, 0.717) is 18.5 Å². The number of alkyl halides is 2. The van der Waals surface area contributed by atoms with Gasteiger partial charge in [0.15, 0.2) is 0 Å². The zero-order valence-corrected chi connectivity index (χ0v) is 12.8.